The Bertz CT molecular complexity index is 476. The average molecular weight is 239 g/mol. The van der Waals surface area contributed by atoms with Gasteiger partial charge in [0.25, 0.3) is 17.9 Å². The zero-order valence-corrected chi connectivity index (χ0v) is 8.90. The summed E-state index contributed by atoms with van der Waals surface area (Å²) in [7, 11) is 1.14. The van der Waals surface area contributed by atoms with E-state index in [0.717, 1.165) is 7.05 Å². The molecule has 0 spiro atoms. The molecule has 0 aliphatic carbocycles. The van der Waals surface area contributed by atoms with Crippen LogP contribution in [0.15, 0.2) is 24.3 Å². The quantitative estimate of drug-likeness (QED) is 0.253. The Labute approximate surface area is 95.7 Å². The lowest BCUT2D eigenvalue weighted by molar-refractivity contribution is -0.484. The van der Waals surface area contributed by atoms with Crippen LogP contribution in [-0.2, 0) is 0 Å². The molecule has 8 nitrogen and oxygen atoms in total. The summed E-state index contributed by atoms with van der Waals surface area (Å²) in [5, 5.41) is 31.9. The molecule has 0 aliphatic rings. The molecule has 0 aliphatic heterocycles. The molecule has 0 unspecified atom stereocenters. The number of benzene rings is 1. The molecule has 0 saturated heterocycles. The Morgan fingerprint density at radius 2 is 1.65 bits per heavy atom. The molecule has 17 heavy (non-hydrogen) atoms. The van der Waals surface area contributed by atoms with Gasteiger partial charge in [0.2, 0.25) is 0 Å². The van der Waals surface area contributed by atoms with Crippen molar-refractivity contribution in [3.05, 3.63) is 55.3 Å². The van der Waals surface area contributed by atoms with Crippen LogP contribution in [0.2, 0.25) is 0 Å². The minimum atomic E-state index is -0.634. The van der Waals surface area contributed by atoms with Crippen LogP contribution in [0.3, 0.4) is 0 Å². The van der Waals surface area contributed by atoms with E-state index >= 15 is 0 Å². The number of hydrogen-bond donors (Lipinski definition) is 0. The van der Waals surface area contributed by atoms with Crippen LogP contribution in [0, 0.1) is 25.4 Å². The predicted octanol–water partition coefficient (Wildman–Crippen LogP) is 0.801. The van der Waals surface area contributed by atoms with Gasteiger partial charge in [0, 0.05) is 17.1 Å². The molecule has 8 heteroatoms. The van der Waals surface area contributed by atoms with Gasteiger partial charge in [-0.1, -0.05) is 0 Å². The maximum atomic E-state index is 11.1. The van der Waals surface area contributed by atoms with Crippen LogP contribution in [-0.4, -0.2) is 33.9 Å². The second kappa shape index (κ2) is 5.01. The molecule has 0 radical (unpaired) electrons. The third-order valence-electron chi connectivity index (χ3n) is 2.07. The van der Waals surface area contributed by atoms with Gasteiger partial charge >= 0.3 is 0 Å². The van der Waals surface area contributed by atoms with Crippen LogP contribution in [0.4, 0.5) is 5.69 Å². The van der Waals surface area contributed by atoms with Crippen molar-refractivity contribution >= 4 is 11.4 Å². The smallest absolute Gasteiger partial charge is 0.287 e. The summed E-state index contributed by atoms with van der Waals surface area (Å²) >= 11 is 0. The summed E-state index contributed by atoms with van der Waals surface area (Å²) in [6.45, 7) is -0.627. The highest BCUT2D eigenvalue weighted by Crippen LogP contribution is 2.12. The standard InChI is InChI=1S/C9H9N3O5/c1-10(13)9(6-11(14)15)7-2-4-8(5-3-7)12(16)17/h2-5H,6H2,1H3/b10-9+. The van der Waals surface area contributed by atoms with E-state index in [4.69, 9.17) is 0 Å². The Balaban J connectivity index is 3.09. The van der Waals surface area contributed by atoms with Crippen LogP contribution >= 0.6 is 0 Å². The van der Waals surface area contributed by atoms with E-state index in [1.54, 1.807) is 0 Å². The van der Waals surface area contributed by atoms with Gasteiger partial charge in [-0.2, -0.15) is 0 Å². The van der Waals surface area contributed by atoms with Crippen LogP contribution in [0.5, 0.6) is 0 Å². The molecule has 0 N–H and O–H groups in total. The van der Waals surface area contributed by atoms with Crippen molar-refractivity contribution in [2.45, 2.75) is 0 Å². The largest absolute Gasteiger partial charge is 0.624 e. The first-order valence-corrected chi connectivity index (χ1v) is 4.55. The first kappa shape index (κ1) is 12.6. The van der Waals surface area contributed by atoms with E-state index in [1.165, 1.54) is 24.3 Å². The second-order valence-electron chi connectivity index (χ2n) is 3.24. The third-order valence-corrected chi connectivity index (χ3v) is 2.07. The van der Waals surface area contributed by atoms with Crippen molar-refractivity contribution in [1.82, 2.24) is 0 Å². The topological polar surface area (TPSA) is 112 Å². The summed E-state index contributed by atoms with van der Waals surface area (Å²) in [6, 6.07) is 5.01. The highest BCUT2D eigenvalue weighted by Gasteiger charge is 2.18. The van der Waals surface area contributed by atoms with Crippen molar-refractivity contribution in [2.24, 2.45) is 0 Å². The number of non-ortho nitro benzene ring substituents is 1. The van der Waals surface area contributed by atoms with Crippen molar-refractivity contribution in [1.29, 1.82) is 0 Å². The van der Waals surface area contributed by atoms with E-state index in [1.807, 2.05) is 0 Å². The molecule has 90 valence electrons. The van der Waals surface area contributed by atoms with Crippen molar-refractivity contribution in [2.75, 3.05) is 13.6 Å². The Morgan fingerprint density at radius 3 is 2.00 bits per heavy atom. The lowest BCUT2D eigenvalue weighted by Crippen LogP contribution is -2.22. The predicted molar refractivity (Wildman–Crippen MR) is 58.6 cm³/mol. The minimum Gasteiger partial charge on any atom is -0.624 e. The zero-order chi connectivity index (χ0) is 13.0. The van der Waals surface area contributed by atoms with Crippen molar-refractivity contribution < 1.29 is 14.6 Å². The van der Waals surface area contributed by atoms with Crippen molar-refractivity contribution in [3.63, 3.8) is 0 Å². The van der Waals surface area contributed by atoms with Gasteiger partial charge in [0.15, 0.2) is 0 Å². The first-order valence-electron chi connectivity index (χ1n) is 4.55. The average Bonchev–Trinajstić information content (AvgIpc) is 2.25. The van der Waals surface area contributed by atoms with Gasteiger partial charge in [-0.3, -0.25) is 20.2 Å². The minimum absolute atomic E-state index is 0.0510. The van der Waals surface area contributed by atoms with E-state index < -0.39 is 16.4 Å². The lowest BCUT2D eigenvalue weighted by atomic mass is 10.1. The molecule has 0 heterocycles. The number of rotatable bonds is 4. The fraction of sp³-hybridized carbons (Fsp3) is 0.222. The molecule has 1 aromatic carbocycles. The van der Waals surface area contributed by atoms with Gasteiger partial charge in [-0.25, -0.2) is 4.74 Å². The zero-order valence-electron chi connectivity index (χ0n) is 8.90. The van der Waals surface area contributed by atoms with E-state index in [0.29, 0.717) is 10.3 Å². The molecule has 1 rings (SSSR count). The molecule has 0 fully saturated rings. The first-order chi connectivity index (χ1) is 7.91. The fourth-order valence-corrected chi connectivity index (χ4v) is 1.27. The maximum Gasteiger partial charge on any atom is 0.287 e. The highest BCUT2D eigenvalue weighted by molar-refractivity contribution is 5.97. The van der Waals surface area contributed by atoms with E-state index in [2.05, 4.69) is 0 Å². The van der Waals surface area contributed by atoms with Gasteiger partial charge < -0.3 is 5.21 Å². The molecule has 0 bridgehead atoms. The van der Waals surface area contributed by atoms with Gasteiger partial charge in [0.1, 0.15) is 7.05 Å². The molecule has 0 atom stereocenters. The number of hydroxylamine groups is 1. The normalized spacial score (nSPS) is 11.8. The van der Waals surface area contributed by atoms with E-state index in [-0.39, 0.29) is 11.4 Å². The maximum absolute atomic E-state index is 11.1. The van der Waals surface area contributed by atoms with Gasteiger partial charge in [0.05, 0.1) is 10.5 Å². The van der Waals surface area contributed by atoms with Crippen LogP contribution in [0.25, 0.3) is 0 Å². The Kier molecular flexibility index (Phi) is 3.70. The number of nitro groups is 2. The molecule has 1 aromatic rings. The van der Waals surface area contributed by atoms with Gasteiger partial charge in [-0.05, 0) is 12.1 Å². The SMILES string of the molecule is C/[N+]([O-])=C(/C[N+](=O)[O-])c1ccc([N+](=O)[O-])cc1. The molecular weight excluding hydrogens is 230 g/mol. The monoisotopic (exact) mass is 239 g/mol. The van der Waals surface area contributed by atoms with Crippen LogP contribution < -0.4 is 0 Å². The van der Waals surface area contributed by atoms with Crippen LogP contribution in [0.1, 0.15) is 5.56 Å². The second-order valence-corrected chi connectivity index (χ2v) is 3.24. The summed E-state index contributed by atoms with van der Waals surface area (Å²) < 4.78 is 0.379. The molecule has 0 saturated carbocycles. The molecule has 0 amide bonds. The summed E-state index contributed by atoms with van der Waals surface area (Å²) in [5.41, 5.74) is 0.109. The fourth-order valence-electron chi connectivity index (χ4n) is 1.27. The van der Waals surface area contributed by atoms with Crippen molar-refractivity contribution in [3.8, 4) is 0 Å². The Morgan fingerprint density at radius 1 is 1.12 bits per heavy atom. The lowest BCUT2D eigenvalue weighted by Gasteiger charge is -2.03. The molecular formula is C9H9N3O5. The number of hydrogen-bond acceptors (Lipinski definition) is 5. The summed E-state index contributed by atoms with van der Waals surface area (Å²) in [4.78, 5) is 19.6. The summed E-state index contributed by atoms with van der Waals surface area (Å²) in [6.07, 6.45) is 0. The van der Waals surface area contributed by atoms with E-state index in [9.17, 15) is 25.4 Å². The highest BCUT2D eigenvalue weighted by atomic mass is 16.6. The number of nitro benzene ring substituents is 1. The number of nitrogens with zero attached hydrogens (tertiary/aromatic N) is 3. The summed E-state index contributed by atoms with van der Waals surface area (Å²) in [5.74, 6) is 0. The third kappa shape index (κ3) is 3.23. The molecule has 0 aromatic heterocycles. The van der Waals surface area contributed by atoms with Gasteiger partial charge in [-0.15, -0.1) is 0 Å². The Hall–Kier alpha value is -2.51.